The van der Waals surface area contributed by atoms with Crippen LogP contribution in [0.2, 0.25) is 0 Å². The molecule has 4 atom stereocenters. The summed E-state index contributed by atoms with van der Waals surface area (Å²) in [5.41, 5.74) is -2.34. The molecule has 1 aliphatic rings. The van der Waals surface area contributed by atoms with Crippen molar-refractivity contribution in [2.24, 2.45) is 5.41 Å². The van der Waals surface area contributed by atoms with Crippen LogP contribution in [0.25, 0.3) is 0 Å². The smallest absolute Gasteiger partial charge is 0.394 e. The number of carbonyl (C=O) groups excluding carboxylic acids is 1. The second-order valence-electron chi connectivity index (χ2n) is 7.70. The largest absolute Gasteiger partial charge is 0.471 e. The highest BCUT2D eigenvalue weighted by Gasteiger charge is 2.46. The third-order valence-electron chi connectivity index (χ3n) is 4.44. The van der Waals surface area contributed by atoms with Crippen LogP contribution in [0.4, 0.5) is 13.2 Å². The third-order valence-corrected chi connectivity index (χ3v) is 4.44. The highest BCUT2D eigenvalue weighted by Crippen LogP contribution is 2.30. The van der Waals surface area contributed by atoms with Crippen LogP contribution >= 0.6 is 0 Å². The summed E-state index contributed by atoms with van der Waals surface area (Å²) < 4.78 is 54.0. The summed E-state index contributed by atoms with van der Waals surface area (Å²) in [5, 5.41) is 21.4. The zero-order valence-corrected chi connectivity index (χ0v) is 16.7. The van der Waals surface area contributed by atoms with Gasteiger partial charge < -0.3 is 29.7 Å². The number of hydrogen-bond acceptors (Lipinski definition) is 8. The number of halogens is 3. The summed E-state index contributed by atoms with van der Waals surface area (Å²) in [4.78, 5) is 36.2. The lowest BCUT2D eigenvalue weighted by atomic mass is 9.95. The molecule has 1 aliphatic heterocycles. The minimum Gasteiger partial charge on any atom is -0.394 e. The lowest BCUT2D eigenvalue weighted by molar-refractivity contribution is -0.174. The fraction of sp³-hybridized carbons (Fsp3) is 0.706. The number of nitrogens with one attached hydrogen (secondary N) is 2. The second-order valence-corrected chi connectivity index (χ2v) is 7.70. The molecule has 4 N–H and O–H groups in total. The SMILES string of the molecule is CC(C)(CNC(=O)C(F)(F)F)COCO[C@@H]1[C@@H](O)[C@@H](CO)O[C@H]1n1ccc(=O)[nH]c1=O. The summed E-state index contributed by atoms with van der Waals surface area (Å²) >= 11 is 0. The van der Waals surface area contributed by atoms with Gasteiger partial charge in [0.15, 0.2) is 6.23 Å². The van der Waals surface area contributed by atoms with Gasteiger partial charge in [-0.25, -0.2) is 4.79 Å². The molecular formula is C17H24F3N3O8. The number of H-pyrrole nitrogens is 1. The Morgan fingerprint density at radius 3 is 2.61 bits per heavy atom. The van der Waals surface area contributed by atoms with Gasteiger partial charge in [-0.05, 0) is 0 Å². The first-order valence-electron chi connectivity index (χ1n) is 9.16. The van der Waals surface area contributed by atoms with E-state index >= 15 is 0 Å². The molecule has 0 spiro atoms. The lowest BCUT2D eigenvalue weighted by Gasteiger charge is -2.26. The van der Waals surface area contributed by atoms with Crippen LogP contribution in [0.3, 0.4) is 0 Å². The monoisotopic (exact) mass is 455 g/mol. The van der Waals surface area contributed by atoms with Crippen LogP contribution in [-0.2, 0) is 19.0 Å². The molecule has 0 unspecified atom stereocenters. The molecule has 176 valence electrons. The maximum absolute atomic E-state index is 12.3. The molecule has 0 radical (unpaired) electrons. The number of aliphatic hydroxyl groups is 2. The van der Waals surface area contributed by atoms with E-state index in [1.807, 2.05) is 4.98 Å². The number of amides is 1. The Bertz CT molecular complexity index is 869. The maximum atomic E-state index is 12.3. The van der Waals surface area contributed by atoms with Gasteiger partial charge in [0.2, 0.25) is 0 Å². The van der Waals surface area contributed by atoms with Gasteiger partial charge in [-0.15, -0.1) is 0 Å². The Morgan fingerprint density at radius 2 is 2.03 bits per heavy atom. The maximum Gasteiger partial charge on any atom is 0.471 e. The third kappa shape index (κ3) is 6.61. The number of alkyl halides is 3. The van der Waals surface area contributed by atoms with Crippen LogP contribution in [0.1, 0.15) is 20.1 Å². The van der Waals surface area contributed by atoms with Crippen LogP contribution < -0.4 is 16.6 Å². The second kappa shape index (κ2) is 9.91. The van der Waals surface area contributed by atoms with Crippen LogP contribution in [-0.4, -0.2) is 76.7 Å². The molecule has 1 amide bonds. The Morgan fingerprint density at radius 1 is 1.35 bits per heavy atom. The minimum absolute atomic E-state index is 0.110. The van der Waals surface area contributed by atoms with Gasteiger partial charge in [0.25, 0.3) is 5.56 Å². The Labute approximate surface area is 173 Å². The summed E-state index contributed by atoms with van der Waals surface area (Å²) in [6.45, 7) is 1.68. The molecule has 2 rings (SSSR count). The quantitative estimate of drug-likeness (QED) is 0.269. The van der Waals surface area contributed by atoms with Crippen molar-refractivity contribution in [1.29, 1.82) is 0 Å². The number of aliphatic hydroxyl groups excluding tert-OH is 2. The molecule has 14 heteroatoms. The molecule has 0 aromatic carbocycles. The summed E-state index contributed by atoms with van der Waals surface area (Å²) in [6.07, 6.45) is -8.59. The van der Waals surface area contributed by atoms with Crippen molar-refractivity contribution in [2.45, 2.75) is 44.6 Å². The van der Waals surface area contributed by atoms with Crippen molar-refractivity contribution in [1.82, 2.24) is 14.9 Å². The molecule has 1 fully saturated rings. The van der Waals surface area contributed by atoms with E-state index in [1.54, 1.807) is 19.2 Å². The van der Waals surface area contributed by atoms with E-state index in [2.05, 4.69) is 0 Å². The van der Waals surface area contributed by atoms with E-state index in [-0.39, 0.29) is 13.2 Å². The lowest BCUT2D eigenvalue weighted by Crippen LogP contribution is -2.43. The predicted molar refractivity (Wildman–Crippen MR) is 96.9 cm³/mol. The molecule has 0 saturated carbocycles. The molecule has 0 aliphatic carbocycles. The van der Waals surface area contributed by atoms with E-state index in [0.29, 0.717) is 0 Å². The van der Waals surface area contributed by atoms with Crippen molar-refractivity contribution < 1.29 is 42.4 Å². The molecular weight excluding hydrogens is 431 g/mol. The van der Waals surface area contributed by atoms with Gasteiger partial charge in [-0.2, -0.15) is 13.2 Å². The number of aromatic amines is 1. The summed E-state index contributed by atoms with van der Waals surface area (Å²) in [6, 6.07) is 1.06. The molecule has 2 heterocycles. The summed E-state index contributed by atoms with van der Waals surface area (Å²) in [7, 11) is 0. The van der Waals surface area contributed by atoms with Gasteiger partial charge in [-0.1, -0.05) is 13.8 Å². The average Bonchev–Trinajstić information content (AvgIpc) is 2.98. The molecule has 1 aromatic heterocycles. The van der Waals surface area contributed by atoms with Gasteiger partial charge in [0.1, 0.15) is 25.1 Å². The number of nitrogens with zero attached hydrogens (tertiary/aromatic N) is 1. The Kier molecular flexibility index (Phi) is 7.99. The van der Waals surface area contributed by atoms with Crippen molar-refractivity contribution in [3.8, 4) is 0 Å². The van der Waals surface area contributed by atoms with Gasteiger partial charge >= 0.3 is 17.8 Å². The van der Waals surface area contributed by atoms with E-state index in [1.165, 1.54) is 0 Å². The van der Waals surface area contributed by atoms with Crippen LogP contribution in [0, 0.1) is 5.41 Å². The zero-order valence-electron chi connectivity index (χ0n) is 16.7. The fourth-order valence-electron chi connectivity index (χ4n) is 2.82. The first-order chi connectivity index (χ1) is 14.4. The molecule has 1 saturated heterocycles. The minimum atomic E-state index is -4.99. The average molecular weight is 455 g/mol. The fourth-order valence-corrected chi connectivity index (χ4v) is 2.82. The molecule has 0 bridgehead atoms. The van der Waals surface area contributed by atoms with Gasteiger partial charge in [0, 0.05) is 24.2 Å². The standard InChI is InChI=1S/C17H24F3N3O8/c1-16(2,6-21-14(27)17(18,19)20)7-29-8-30-12-11(26)9(5-24)31-13(12)23-4-3-10(25)22-15(23)28/h3-4,9,11-13,24,26H,5-8H2,1-2H3,(H,21,27)(H,22,25,28)/t9-,11+,12-,13-/m1/s1. The number of rotatable bonds is 9. The zero-order chi connectivity index (χ0) is 23.4. The number of carbonyl (C=O) groups is 1. The Balaban J connectivity index is 1.94. The first kappa shape index (κ1) is 25.0. The molecule has 11 nitrogen and oxygen atoms in total. The Hall–Kier alpha value is -2.26. The van der Waals surface area contributed by atoms with Crippen LogP contribution in [0.5, 0.6) is 0 Å². The topological polar surface area (TPSA) is 152 Å². The van der Waals surface area contributed by atoms with Crippen molar-refractivity contribution in [3.63, 3.8) is 0 Å². The van der Waals surface area contributed by atoms with E-state index < -0.39 is 66.7 Å². The molecule has 31 heavy (non-hydrogen) atoms. The number of aromatic nitrogens is 2. The highest BCUT2D eigenvalue weighted by molar-refractivity contribution is 5.81. The van der Waals surface area contributed by atoms with Crippen molar-refractivity contribution in [3.05, 3.63) is 33.1 Å². The van der Waals surface area contributed by atoms with E-state index in [0.717, 1.165) is 16.8 Å². The van der Waals surface area contributed by atoms with Crippen molar-refractivity contribution >= 4 is 5.91 Å². The first-order valence-corrected chi connectivity index (χ1v) is 9.16. The van der Waals surface area contributed by atoms with E-state index in [4.69, 9.17) is 14.2 Å². The summed E-state index contributed by atoms with van der Waals surface area (Å²) in [5.74, 6) is -2.06. The van der Waals surface area contributed by atoms with E-state index in [9.17, 15) is 37.8 Å². The number of hydrogen-bond donors (Lipinski definition) is 4. The highest BCUT2D eigenvalue weighted by atomic mass is 19.4. The van der Waals surface area contributed by atoms with Crippen LogP contribution in [0.15, 0.2) is 21.9 Å². The number of ether oxygens (including phenoxy) is 3. The molecule has 1 aromatic rings. The predicted octanol–water partition coefficient (Wildman–Crippen LogP) is -1.15. The van der Waals surface area contributed by atoms with Gasteiger partial charge in [-0.3, -0.25) is 19.1 Å². The van der Waals surface area contributed by atoms with Crippen molar-refractivity contribution in [2.75, 3.05) is 26.6 Å². The van der Waals surface area contributed by atoms with Gasteiger partial charge in [0.05, 0.1) is 13.2 Å². The normalized spacial score (nSPS) is 24.4.